The van der Waals surface area contributed by atoms with Crippen molar-refractivity contribution < 1.29 is 14.6 Å². The largest absolute Gasteiger partial charge is 0.493 e. The minimum atomic E-state index is -0.855. The van der Waals surface area contributed by atoms with Gasteiger partial charge in [0.1, 0.15) is 6.23 Å². The van der Waals surface area contributed by atoms with Crippen molar-refractivity contribution in [2.24, 2.45) is 5.73 Å². The monoisotopic (exact) mass is 343 g/mol. The van der Waals surface area contributed by atoms with Crippen molar-refractivity contribution in [3.8, 4) is 11.5 Å². The van der Waals surface area contributed by atoms with Gasteiger partial charge in [-0.05, 0) is 42.5 Å². The quantitative estimate of drug-likeness (QED) is 0.682. The molecular formula is C21H29NO3. The summed E-state index contributed by atoms with van der Waals surface area (Å²) in [5.41, 5.74) is 7.93. The highest BCUT2D eigenvalue weighted by molar-refractivity contribution is 5.44. The highest BCUT2D eigenvalue weighted by atomic mass is 16.5. The lowest BCUT2D eigenvalue weighted by atomic mass is 9.69. The average molecular weight is 343 g/mol. The van der Waals surface area contributed by atoms with E-state index in [4.69, 9.17) is 15.2 Å². The number of hydrogen-bond acceptors (Lipinski definition) is 4. The normalized spacial score (nSPS) is 14.6. The molecule has 0 bridgehead atoms. The van der Waals surface area contributed by atoms with Crippen molar-refractivity contribution in [1.29, 1.82) is 0 Å². The van der Waals surface area contributed by atoms with Gasteiger partial charge in [0.15, 0.2) is 11.5 Å². The van der Waals surface area contributed by atoms with Gasteiger partial charge in [-0.25, -0.2) is 0 Å². The Morgan fingerprint density at radius 3 is 2.28 bits per heavy atom. The zero-order valence-electron chi connectivity index (χ0n) is 15.4. The molecule has 0 radical (unpaired) electrons. The van der Waals surface area contributed by atoms with Gasteiger partial charge in [0.2, 0.25) is 0 Å². The molecule has 2 atom stereocenters. The molecule has 25 heavy (non-hydrogen) atoms. The van der Waals surface area contributed by atoms with Crippen LogP contribution in [0.15, 0.2) is 48.5 Å². The fraction of sp³-hybridized carbons (Fsp3) is 0.429. The Labute approximate surface area is 150 Å². The number of nitrogens with two attached hydrogens (primary N) is 1. The van der Waals surface area contributed by atoms with Gasteiger partial charge in [0.05, 0.1) is 14.2 Å². The van der Waals surface area contributed by atoms with Crippen LogP contribution in [-0.2, 0) is 11.8 Å². The third-order valence-electron chi connectivity index (χ3n) is 4.71. The molecule has 0 fully saturated rings. The Balaban J connectivity index is 2.45. The summed E-state index contributed by atoms with van der Waals surface area (Å²) in [5.74, 6) is 1.43. The summed E-state index contributed by atoms with van der Waals surface area (Å²) in [5, 5.41) is 9.97. The molecule has 1 unspecified atom stereocenters. The fourth-order valence-corrected chi connectivity index (χ4v) is 3.68. The molecule has 136 valence electrons. The first kappa shape index (κ1) is 19.3. The van der Waals surface area contributed by atoms with E-state index in [9.17, 15) is 5.11 Å². The summed E-state index contributed by atoms with van der Waals surface area (Å²) in [6.45, 7) is 2.16. The van der Waals surface area contributed by atoms with E-state index in [0.717, 1.165) is 24.8 Å². The first-order valence-corrected chi connectivity index (χ1v) is 8.74. The standard InChI is InChI=1S/C21H29NO3/c1-4-12-21(15-20(22)23,17-8-6-5-7-9-17)14-16-10-11-18(24-2)19(13-16)25-3/h5-11,13,20,23H,4,12,14-15,22H2,1-3H3/t20-,21?/m1/s1. The van der Waals surface area contributed by atoms with Crippen molar-refractivity contribution in [2.75, 3.05) is 14.2 Å². The van der Waals surface area contributed by atoms with Crippen LogP contribution in [0.25, 0.3) is 0 Å². The highest BCUT2D eigenvalue weighted by Crippen LogP contribution is 2.39. The van der Waals surface area contributed by atoms with E-state index >= 15 is 0 Å². The second-order valence-corrected chi connectivity index (χ2v) is 6.53. The number of aliphatic hydroxyl groups is 1. The number of benzene rings is 2. The fourth-order valence-electron chi connectivity index (χ4n) is 3.68. The van der Waals surface area contributed by atoms with Crippen molar-refractivity contribution in [3.05, 3.63) is 59.7 Å². The van der Waals surface area contributed by atoms with E-state index < -0.39 is 6.23 Å². The molecule has 2 rings (SSSR count). The third-order valence-corrected chi connectivity index (χ3v) is 4.71. The van der Waals surface area contributed by atoms with E-state index in [0.29, 0.717) is 17.9 Å². The van der Waals surface area contributed by atoms with Crippen LogP contribution in [-0.4, -0.2) is 25.6 Å². The molecule has 0 aromatic heterocycles. The van der Waals surface area contributed by atoms with E-state index in [2.05, 4.69) is 25.1 Å². The molecule has 0 aliphatic rings. The Morgan fingerprint density at radius 2 is 1.72 bits per heavy atom. The molecule has 0 saturated carbocycles. The summed E-state index contributed by atoms with van der Waals surface area (Å²) in [6, 6.07) is 16.3. The van der Waals surface area contributed by atoms with Crippen LogP contribution in [0.2, 0.25) is 0 Å². The summed E-state index contributed by atoms with van der Waals surface area (Å²) >= 11 is 0. The third kappa shape index (κ3) is 4.74. The average Bonchev–Trinajstić information content (AvgIpc) is 2.62. The topological polar surface area (TPSA) is 64.7 Å². The molecule has 0 aliphatic carbocycles. The molecule has 0 saturated heterocycles. The lowest BCUT2D eigenvalue weighted by Gasteiger charge is -2.36. The van der Waals surface area contributed by atoms with Gasteiger partial charge in [-0.3, -0.25) is 0 Å². The predicted molar refractivity (Wildman–Crippen MR) is 101 cm³/mol. The minimum absolute atomic E-state index is 0.218. The predicted octanol–water partition coefficient (Wildman–Crippen LogP) is 3.65. The molecule has 4 nitrogen and oxygen atoms in total. The maximum atomic E-state index is 9.97. The number of aliphatic hydroxyl groups excluding tert-OH is 1. The maximum Gasteiger partial charge on any atom is 0.160 e. The van der Waals surface area contributed by atoms with Gasteiger partial charge in [0, 0.05) is 5.41 Å². The van der Waals surface area contributed by atoms with Crippen molar-refractivity contribution in [1.82, 2.24) is 0 Å². The lowest BCUT2D eigenvalue weighted by molar-refractivity contribution is 0.130. The summed E-state index contributed by atoms with van der Waals surface area (Å²) < 4.78 is 10.8. The van der Waals surface area contributed by atoms with Crippen LogP contribution >= 0.6 is 0 Å². The van der Waals surface area contributed by atoms with Crippen LogP contribution in [0.1, 0.15) is 37.3 Å². The number of hydrogen-bond donors (Lipinski definition) is 2. The summed E-state index contributed by atoms with van der Waals surface area (Å²) in [7, 11) is 3.27. The van der Waals surface area contributed by atoms with Crippen molar-refractivity contribution >= 4 is 0 Å². The van der Waals surface area contributed by atoms with Gasteiger partial charge in [-0.1, -0.05) is 49.7 Å². The second kappa shape index (κ2) is 8.88. The van der Waals surface area contributed by atoms with E-state index in [-0.39, 0.29) is 5.41 Å². The van der Waals surface area contributed by atoms with Crippen LogP contribution in [0.5, 0.6) is 11.5 Å². The molecule has 0 heterocycles. The van der Waals surface area contributed by atoms with Gasteiger partial charge >= 0.3 is 0 Å². The highest BCUT2D eigenvalue weighted by Gasteiger charge is 2.33. The zero-order chi connectivity index (χ0) is 18.3. The molecule has 0 spiro atoms. The number of methoxy groups -OCH3 is 2. The maximum absolute atomic E-state index is 9.97. The van der Waals surface area contributed by atoms with Crippen molar-refractivity contribution in [3.63, 3.8) is 0 Å². The first-order chi connectivity index (χ1) is 12.0. The summed E-state index contributed by atoms with van der Waals surface area (Å²) in [6.07, 6.45) is 2.39. The van der Waals surface area contributed by atoms with Gasteiger partial charge in [0.25, 0.3) is 0 Å². The molecule has 0 amide bonds. The van der Waals surface area contributed by atoms with Crippen LogP contribution in [0.3, 0.4) is 0 Å². The SMILES string of the molecule is CCCC(Cc1ccc(OC)c(OC)c1)(C[C@H](N)O)c1ccccc1. The van der Waals surface area contributed by atoms with Crippen LogP contribution in [0, 0.1) is 0 Å². The molecular weight excluding hydrogens is 314 g/mol. The van der Waals surface area contributed by atoms with E-state index in [1.807, 2.05) is 30.3 Å². The molecule has 4 heteroatoms. The van der Waals surface area contributed by atoms with Crippen LogP contribution in [0.4, 0.5) is 0 Å². The minimum Gasteiger partial charge on any atom is -0.493 e. The van der Waals surface area contributed by atoms with Crippen molar-refractivity contribution in [2.45, 2.75) is 44.2 Å². The smallest absolute Gasteiger partial charge is 0.160 e. The first-order valence-electron chi connectivity index (χ1n) is 8.74. The van der Waals surface area contributed by atoms with Gasteiger partial charge < -0.3 is 20.3 Å². The lowest BCUT2D eigenvalue weighted by Crippen LogP contribution is -2.37. The Morgan fingerprint density at radius 1 is 1.04 bits per heavy atom. The zero-order valence-corrected chi connectivity index (χ0v) is 15.4. The Kier molecular flexibility index (Phi) is 6.85. The van der Waals surface area contributed by atoms with E-state index in [1.54, 1.807) is 14.2 Å². The molecule has 2 aromatic carbocycles. The Bertz CT molecular complexity index is 657. The van der Waals surface area contributed by atoms with Gasteiger partial charge in [-0.2, -0.15) is 0 Å². The molecule has 2 aromatic rings. The van der Waals surface area contributed by atoms with E-state index in [1.165, 1.54) is 5.56 Å². The Hall–Kier alpha value is -2.04. The number of ether oxygens (including phenoxy) is 2. The van der Waals surface area contributed by atoms with Crippen LogP contribution < -0.4 is 15.2 Å². The second-order valence-electron chi connectivity index (χ2n) is 6.53. The van der Waals surface area contributed by atoms with Gasteiger partial charge in [-0.15, -0.1) is 0 Å². The molecule has 0 aliphatic heterocycles. The number of rotatable bonds is 9. The molecule has 3 N–H and O–H groups in total. The summed E-state index contributed by atoms with van der Waals surface area (Å²) in [4.78, 5) is 0.